The molecule has 2 aromatic rings. The van der Waals surface area contributed by atoms with Gasteiger partial charge in [0.2, 0.25) is 0 Å². The lowest BCUT2D eigenvalue weighted by Crippen LogP contribution is -2.99. The molecule has 0 aliphatic rings. The van der Waals surface area contributed by atoms with Gasteiger partial charge in [-0.25, -0.2) is 5.21 Å². The van der Waals surface area contributed by atoms with Crippen molar-refractivity contribution in [2.45, 2.75) is 84.2 Å². The molecule has 0 heterocycles. The van der Waals surface area contributed by atoms with Crippen LogP contribution in [0.3, 0.4) is 0 Å². The van der Waals surface area contributed by atoms with Gasteiger partial charge in [0.15, 0.2) is 5.69 Å². The molecule has 0 bridgehead atoms. The Balaban J connectivity index is 1.55. The Morgan fingerprint density at radius 2 is 1.27 bits per heavy atom. The molecule has 4 N–H and O–H groups in total. The predicted molar refractivity (Wildman–Crippen MR) is 133 cm³/mol. The number of quaternary nitrogens is 1. The van der Waals surface area contributed by atoms with Crippen molar-refractivity contribution < 1.29 is 15.2 Å². The standard InChI is InChI=1S/C27H41N3O3/c1-2-3-4-5-6-7-8-9-10-11-20-29-27(31)25-16-12-23(13-17-25)21-28-22-24-14-18-26(19-15-24)30(32)33/h12-19,28,30,32H,2-11,20-22H2,1H3,(H,29,31). The minimum absolute atomic E-state index is 0.0102. The Kier molecular flexibility index (Phi) is 13.4. The van der Waals surface area contributed by atoms with Crippen LogP contribution in [0.15, 0.2) is 48.5 Å². The highest BCUT2D eigenvalue weighted by Crippen LogP contribution is 2.11. The third kappa shape index (κ3) is 11.4. The van der Waals surface area contributed by atoms with Gasteiger partial charge in [-0.05, 0) is 29.7 Å². The average Bonchev–Trinajstić information content (AvgIpc) is 2.83. The van der Waals surface area contributed by atoms with Gasteiger partial charge in [-0.15, -0.1) is 0 Å². The lowest BCUT2D eigenvalue weighted by atomic mass is 10.1. The van der Waals surface area contributed by atoms with Gasteiger partial charge in [0.25, 0.3) is 5.91 Å². The summed E-state index contributed by atoms with van der Waals surface area (Å²) in [5, 5.41) is 25.3. The quantitative estimate of drug-likeness (QED) is 0.199. The van der Waals surface area contributed by atoms with Crippen LogP contribution in [-0.2, 0) is 13.1 Å². The van der Waals surface area contributed by atoms with Crippen LogP contribution >= 0.6 is 0 Å². The van der Waals surface area contributed by atoms with Crippen LogP contribution in [0.5, 0.6) is 0 Å². The number of nitrogens with one attached hydrogen (secondary N) is 3. The maximum Gasteiger partial charge on any atom is 0.251 e. The molecule has 0 aromatic heterocycles. The fourth-order valence-electron chi connectivity index (χ4n) is 3.81. The molecule has 0 aliphatic heterocycles. The molecule has 0 fully saturated rings. The first-order valence-electron chi connectivity index (χ1n) is 12.5. The summed E-state index contributed by atoms with van der Waals surface area (Å²) in [7, 11) is 0. The number of carbonyl (C=O) groups excluding carboxylic acids is 1. The molecule has 0 aliphatic carbocycles. The van der Waals surface area contributed by atoms with Gasteiger partial charge < -0.3 is 15.8 Å². The first-order chi connectivity index (χ1) is 16.1. The largest absolute Gasteiger partial charge is 0.595 e. The number of hydrogen-bond acceptors (Lipinski definition) is 4. The lowest BCUT2D eigenvalue weighted by Gasteiger charge is -2.12. The van der Waals surface area contributed by atoms with E-state index in [1.54, 1.807) is 12.1 Å². The van der Waals surface area contributed by atoms with E-state index in [0.29, 0.717) is 24.3 Å². The van der Waals surface area contributed by atoms with Crippen molar-refractivity contribution >= 4 is 11.6 Å². The second-order valence-corrected chi connectivity index (χ2v) is 8.74. The maximum absolute atomic E-state index is 12.3. The summed E-state index contributed by atoms with van der Waals surface area (Å²) in [6, 6.07) is 14.5. The number of hydrogen-bond donors (Lipinski definition) is 4. The normalized spacial score (nSPS) is 12.0. The Morgan fingerprint density at radius 1 is 0.788 bits per heavy atom. The fourth-order valence-corrected chi connectivity index (χ4v) is 3.81. The second kappa shape index (κ2) is 16.4. The van der Waals surface area contributed by atoms with Gasteiger partial charge in [-0.3, -0.25) is 4.79 Å². The predicted octanol–water partition coefficient (Wildman–Crippen LogP) is 5.03. The molecule has 0 radical (unpaired) electrons. The van der Waals surface area contributed by atoms with Gasteiger partial charge in [0.05, 0.1) is 0 Å². The zero-order valence-corrected chi connectivity index (χ0v) is 20.1. The molecular weight excluding hydrogens is 414 g/mol. The highest BCUT2D eigenvalue weighted by Gasteiger charge is 2.05. The SMILES string of the molecule is CCCCCCCCCCCCNC(=O)c1ccc(CNCc2ccc([NH+]([O-])O)cc2)cc1. The van der Waals surface area contributed by atoms with Gasteiger partial charge in [-0.2, -0.15) is 5.23 Å². The minimum Gasteiger partial charge on any atom is -0.595 e. The van der Waals surface area contributed by atoms with Crippen molar-refractivity contribution in [2.75, 3.05) is 6.54 Å². The Labute approximate surface area is 198 Å². The second-order valence-electron chi connectivity index (χ2n) is 8.74. The number of amides is 1. The van der Waals surface area contributed by atoms with Gasteiger partial charge in [0.1, 0.15) is 0 Å². The van der Waals surface area contributed by atoms with E-state index in [2.05, 4.69) is 17.6 Å². The monoisotopic (exact) mass is 455 g/mol. The Hall–Kier alpha value is -2.25. The van der Waals surface area contributed by atoms with Crippen LogP contribution in [-0.4, -0.2) is 17.7 Å². The summed E-state index contributed by atoms with van der Waals surface area (Å²) in [6.45, 7) is 4.32. The van der Waals surface area contributed by atoms with Gasteiger partial charge >= 0.3 is 0 Å². The molecule has 2 aromatic carbocycles. The molecule has 1 unspecified atom stereocenters. The minimum atomic E-state index is -0.915. The van der Waals surface area contributed by atoms with Crippen LogP contribution < -0.4 is 15.9 Å². The maximum atomic E-state index is 12.3. The average molecular weight is 456 g/mol. The van der Waals surface area contributed by atoms with Gasteiger partial charge in [0, 0.05) is 37.3 Å². The third-order valence-electron chi connectivity index (χ3n) is 5.89. The molecule has 1 amide bonds. The molecule has 6 nitrogen and oxygen atoms in total. The number of unbranched alkanes of at least 4 members (excludes halogenated alkanes) is 9. The Morgan fingerprint density at radius 3 is 1.79 bits per heavy atom. The van der Waals surface area contributed by atoms with Crippen molar-refractivity contribution in [3.05, 3.63) is 70.4 Å². The van der Waals surface area contributed by atoms with Crippen molar-refractivity contribution in [3.8, 4) is 0 Å². The van der Waals surface area contributed by atoms with Crippen molar-refractivity contribution in [1.82, 2.24) is 10.6 Å². The fraction of sp³-hybridized carbons (Fsp3) is 0.519. The third-order valence-corrected chi connectivity index (χ3v) is 5.89. The van der Waals surface area contributed by atoms with Gasteiger partial charge in [-0.1, -0.05) is 89.0 Å². The van der Waals surface area contributed by atoms with Crippen LogP contribution in [0.4, 0.5) is 5.69 Å². The van der Waals surface area contributed by atoms with Crippen LogP contribution in [0.25, 0.3) is 0 Å². The van der Waals surface area contributed by atoms with E-state index >= 15 is 0 Å². The molecule has 2 rings (SSSR count). The number of rotatable bonds is 17. The van der Waals surface area contributed by atoms with E-state index in [4.69, 9.17) is 5.21 Å². The molecule has 0 spiro atoms. The lowest BCUT2D eigenvalue weighted by molar-refractivity contribution is -0.991. The van der Waals surface area contributed by atoms with Crippen LogP contribution in [0.1, 0.15) is 92.6 Å². The highest BCUT2D eigenvalue weighted by molar-refractivity contribution is 5.94. The summed E-state index contributed by atoms with van der Waals surface area (Å²) in [6.07, 6.45) is 12.9. The number of benzene rings is 2. The van der Waals surface area contributed by atoms with E-state index in [9.17, 15) is 10.0 Å². The van der Waals surface area contributed by atoms with E-state index in [1.165, 1.54) is 57.8 Å². The topological polar surface area (TPSA) is 88.9 Å². The smallest absolute Gasteiger partial charge is 0.251 e. The first-order valence-corrected chi connectivity index (χ1v) is 12.5. The molecule has 0 saturated carbocycles. The first kappa shape index (κ1) is 27.0. The van der Waals surface area contributed by atoms with Crippen molar-refractivity contribution in [1.29, 1.82) is 0 Å². The van der Waals surface area contributed by atoms with Crippen LogP contribution in [0, 0.1) is 5.21 Å². The Bertz CT molecular complexity index is 776. The van der Waals surface area contributed by atoms with Crippen LogP contribution in [0.2, 0.25) is 0 Å². The number of carbonyl (C=O) groups is 1. The van der Waals surface area contributed by atoms with E-state index < -0.39 is 5.23 Å². The zero-order chi connectivity index (χ0) is 23.7. The summed E-state index contributed by atoms with van der Waals surface area (Å²) < 4.78 is 0. The summed E-state index contributed by atoms with van der Waals surface area (Å²) >= 11 is 0. The summed E-state index contributed by atoms with van der Waals surface area (Å²) in [4.78, 5) is 12.3. The molecule has 1 atom stereocenters. The molecule has 0 saturated heterocycles. The van der Waals surface area contributed by atoms with E-state index in [1.807, 2.05) is 36.4 Å². The molecule has 182 valence electrons. The summed E-state index contributed by atoms with van der Waals surface area (Å²) in [5.74, 6) is -0.0102. The summed E-state index contributed by atoms with van der Waals surface area (Å²) in [5.41, 5.74) is 3.11. The van der Waals surface area contributed by atoms with E-state index in [0.717, 1.165) is 24.1 Å². The highest BCUT2D eigenvalue weighted by atomic mass is 16.8. The molecule has 33 heavy (non-hydrogen) atoms. The molecule has 6 heteroatoms. The van der Waals surface area contributed by atoms with Crippen molar-refractivity contribution in [3.63, 3.8) is 0 Å². The zero-order valence-electron chi connectivity index (χ0n) is 20.1. The molecular formula is C27H41N3O3. The van der Waals surface area contributed by atoms with E-state index in [-0.39, 0.29) is 5.91 Å². The van der Waals surface area contributed by atoms with Crippen molar-refractivity contribution in [2.24, 2.45) is 0 Å².